The first-order chi connectivity index (χ1) is 4.88. The fourth-order valence-electron chi connectivity index (χ4n) is 0.680. The van der Waals surface area contributed by atoms with Crippen LogP contribution in [0.15, 0.2) is 18.3 Å². The van der Waals surface area contributed by atoms with E-state index in [2.05, 4.69) is 15.1 Å². The van der Waals surface area contributed by atoms with Crippen molar-refractivity contribution >= 4 is 11.5 Å². The number of nitrogens with one attached hydrogen (secondary N) is 1. The van der Waals surface area contributed by atoms with E-state index in [1.165, 1.54) is 0 Å². The van der Waals surface area contributed by atoms with Crippen LogP contribution in [0.2, 0.25) is 0 Å². The quantitative estimate of drug-likeness (QED) is 0.590. The van der Waals surface area contributed by atoms with Crippen LogP contribution >= 0.6 is 0 Å². The van der Waals surface area contributed by atoms with Crippen molar-refractivity contribution in [1.82, 2.24) is 4.98 Å². The van der Waals surface area contributed by atoms with Crippen LogP contribution in [0.5, 0.6) is 0 Å². The summed E-state index contributed by atoms with van der Waals surface area (Å²) in [5.74, 6) is 0.637. The average molecular weight is 133 g/mol. The lowest BCUT2D eigenvalue weighted by Crippen LogP contribution is -1.90. The second-order valence-electron chi connectivity index (χ2n) is 1.73. The summed E-state index contributed by atoms with van der Waals surface area (Å²) in [6.07, 6.45) is 1.65. The summed E-state index contributed by atoms with van der Waals surface area (Å²) in [5.41, 5.74) is 0.560. The Hall–Kier alpha value is -1.56. The van der Waals surface area contributed by atoms with Crippen molar-refractivity contribution in [3.63, 3.8) is 0 Å². The third-order valence-corrected chi connectivity index (χ3v) is 1.14. The van der Waals surface area contributed by atoms with E-state index in [-0.39, 0.29) is 0 Å². The van der Waals surface area contributed by atoms with Crippen molar-refractivity contribution in [3.8, 4) is 0 Å². The molecule has 50 valence electrons. The van der Waals surface area contributed by atoms with E-state index in [0.29, 0.717) is 11.5 Å². The molecule has 1 rings (SSSR count). The fraction of sp³-hybridized carbons (Fsp3) is 0.143. The van der Waals surface area contributed by atoms with Crippen LogP contribution in [-0.2, 0) is 0 Å². The minimum absolute atomic E-state index is 0.560. The van der Waals surface area contributed by atoms with Crippen LogP contribution in [-0.4, -0.2) is 12.0 Å². The van der Waals surface area contributed by atoms with E-state index < -0.39 is 0 Å². The highest BCUT2D eigenvalue weighted by Gasteiger charge is 1.96. The molecule has 0 saturated heterocycles. The first-order valence-corrected chi connectivity index (χ1v) is 2.88. The average Bonchev–Trinajstić information content (AvgIpc) is 2.04. The van der Waals surface area contributed by atoms with Crippen molar-refractivity contribution in [1.29, 1.82) is 0 Å². The van der Waals surface area contributed by atoms with Gasteiger partial charge in [0.05, 0.1) is 6.57 Å². The van der Waals surface area contributed by atoms with Crippen LogP contribution in [0.3, 0.4) is 0 Å². The van der Waals surface area contributed by atoms with Gasteiger partial charge in [-0.05, 0) is 0 Å². The van der Waals surface area contributed by atoms with Crippen molar-refractivity contribution in [2.24, 2.45) is 0 Å². The summed E-state index contributed by atoms with van der Waals surface area (Å²) in [6, 6.07) is 3.47. The van der Waals surface area contributed by atoms with Gasteiger partial charge in [0, 0.05) is 13.2 Å². The molecule has 0 amide bonds. The molecular weight excluding hydrogens is 126 g/mol. The van der Waals surface area contributed by atoms with Crippen LogP contribution in [0.1, 0.15) is 0 Å². The molecule has 1 N–H and O–H groups in total. The van der Waals surface area contributed by atoms with Gasteiger partial charge in [0.1, 0.15) is 5.82 Å². The van der Waals surface area contributed by atoms with E-state index in [4.69, 9.17) is 6.57 Å². The fourth-order valence-corrected chi connectivity index (χ4v) is 0.680. The van der Waals surface area contributed by atoms with Crippen LogP contribution in [0.25, 0.3) is 4.85 Å². The van der Waals surface area contributed by atoms with Crippen LogP contribution in [0, 0.1) is 6.57 Å². The molecule has 0 atom stereocenters. The maximum Gasteiger partial charge on any atom is 0.228 e. The number of aromatic nitrogens is 1. The Balaban J connectivity index is 3.12. The third-order valence-electron chi connectivity index (χ3n) is 1.14. The number of pyridine rings is 1. The number of hydrogen-bond donors (Lipinski definition) is 1. The zero-order valence-corrected chi connectivity index (χ0v) is 5.63. The molecule has 10 heavy (non-hydrogen) atoms. The second-order valence-corrected chi connectivity index (χ2v) is 1.73. The lowest BCUT2D eigenvalue weighted by molar-refractivity contribution is 1.30. The predicted molar refractivity (Wildman–Crippen MR) is 40.0 cm³/mol. The molecule has 0 aromatic carbocycles. The maximum absolute atomic E-state index is 6.73. The van der Waals surface area contributed by atoms with Gasteiger partial charge in [0.25, 0.3) is 0 Å². The molecule has 0 unspecified atom stereocenters. The molecule has 0 aliphatic rings. The summed E-state index contributed by atoms with van der Waals surface area (Å²) in [5, 5.41) is 2.82. The number of nitrogens with zero attached hydrogens (tertiary/aromatic N) is 2. The summed E-state index contributed by atoms with van der Waals surface area (Å²) in [7, 11) is 1.75. The van der Waals surface area contributed by atoms with E-state index in [0.717, 1.165) is 0 Å². The van der Waals surface area contributed by atoms with Crippen LogP contribution in [0.4, 0.5) is 11.5 Å². The minimum atomic E-state index is 0.560. The maximum atomic E-state index is 6.73. The highest BCUT2D eigenvalue weighted by atomic mass is 15.0. The van der Waals surface area contributed by atoms with Gasteiger partial charge in [-0.3, -0.25) is 4.98 Å². The third kappa shape index (κ3) is 1.06. The number of anilines is 1. The Morgan fingerprint density at radius 1 is 1.70 bits per heavy atom. The van der Waals surface area contributed by atoms with E-state index >= 15 is 0 Å². The number of rotatable bonds is 1. The second kappa shape index (κ2) is 2.83. The molecule has 1 aromatic rings. The van der Waals surface area contributed by atoms with E-state index in [9.17, 15) is 0 Å². The number of hydrogen-bond acceptors (Lipinski definition) is 2. The molecule has 0 aliphatic carbocycles. The lowest BCUT2D eigenvalue weighted by Gasteiger charge is -1.98. The molecule has 0 aliphatic heterocycles. The summed E-state index contributed by atoms with van der Waals surface area (Å²) < 4.78 is 0. The van der Waals surface area contributed by atoms with Gasteiger partial charge in [-0.2, -0.15) is 0 Å². The van der Waals surface area contributed by atoms with E-state index in [1.54, 1.807) is 25.4 Å². The Morgan fingerprint density at radius 2 is 2.50 bits per heavy atom. The zero-order valence-electron chi connectivity index (χ0n) is 5.63. The molecule has 1 heterocycles. The highest BCUT2D eigenvalue weighted by molar-refractivity contribution is 5.64. The van der Waals surface area contributed by atoms with Crippen molar-refractivity contribution in [2.75, 3.05) is 12.4 Å². The lowest BCUT2D eigenvalue weighted by atomic mass is 10.4. The van der Waals surface area contributed by atoms with Gasteiger partial charge < -0.3 is 5.32 Å². The zero-order chi connectivity index (χ0) is 7.40. The molecule has 3 heteroatoms. The molecule has 0 fully saturated rings. The standard InChI is InChI=1S/C7H7N3/c1-8-6-4-3-5-10-7(6)9-2/h3-5H,2H3,(H,9,10). The molecule has 0 bridgehead atoms. The monoisotopic (exact) mass is 133 g/mol. The van der Waals surface area contributed by atoms with Crippen molar-refractivity contribution in [3.05, 3.63) is 29.7 Å². The van der Waals surface area contributed by atoms with Gasteiger partial charge in [0.2, 0.25) is 5.69 Å². The molecular formula is C7H7N3. The summed E-state index contributed by atoms with van der Waals surface area (Å²) >= 11 is 0. The van der Waals surface area contributed by atoms with Gasteiger partial charge in [-0.1, -0.05) is 12.1 Å². The van der Waals surface area contributed by atoms with Gasteiger partial charge in [-0.25, -0.2) is 4.85 Å². The SMILES string of the molecule is [C-]#[N+]c1cccnc1NC. The smallest absolute Gasteiger partial charge is 0.228 e. The Kier molecular flexibility index (Phi) is 1.86. The first kappa shape index (κ1) is 6.56. The Bertz CT molecular complexity index is 262. The Morgan fingerprint density at radius 3 is 3.00 bits per heavy atom. The van der Waals surface area contributed by atoms with E-state index in [1.807, 2.05) is 0 Å². The molecule has 0 spiro atoms. The first-order valence-electron chi connectivity index (χ1n) is 2.88. The Labute approximate surface area is 59.5 Å². The summed E-state index contributed by atoms with van der Waals surface area (Å²) in [6.45, 7) is 6.73. The van der Waals surface area contributed by atoms with Crippen molar-refractivity contribution < 1.29 is 0 Å². The van der Waals surface area contributed by atoms with Gasteiger partial charge in [0.15, 0.2) is 0 Å². The summed E-state index contributed by atoms with van der Waals surface area (Å²) in [4.78, 5) is 7.21. The van der Waals surface area contributed by atoms with Crippen LogP contribution < -0.4 is 5.32 Å². The normalized spacial score (nSPS) is 8.40. The predicted octanol–water partition coefficient (Wildman–Crippen LogP) is 1.67. The topological polar surface area (TPSA) is 29.3 Å². The molecule has 1 aromatic heterocycles. The molecule has 0 saturated carbocycles. The van der Waals surface area contributed by atoms with Gasteiger partial charge in [-0.15, -0.1) is 0 Å². The van der Waals surface area contributed by atoms with Gasteiger partial charge >= 0.3 is 0 Å². The highest BCUT2D eigenvalue weighted by Crippen LogP contribution is 2.19. The molecule has 0 radical (unpaired) electrons. The molecule has 3 nitrogen and oxygen atoms in total. The van der Waals surface area contributed by atoms with Crippen molar-refractivity contribution in [2.45, 2.75) is 0 Å². The minimum Gasteiger partial charge on any atom is -0.382 e. The largest absolute Gasteiger partial charge is 0.382 e.